The Bertz CT molecular complexity index is 513. The highest BCUT2D eigenvalue weighted by atomic mass is 32.2. The second-order valence-electron chi connectivity index (χ2n) is 4.59. The molecule has 1 fully saturated rings. The number of nitrogens with zero attached hydrogens (tertiary/aromatic N) is 2. The molecule has 0 aromatic carbocycles. The summed E-state index contributed by atoms with van der Waals surface area (Å²) in [5, 5.41) is 8.71. The molecule has 1 aliphatic carbocycles. The molecule has 104 valence electrons. The van der Waals surface area contributed by atoms with Gasteiger partial charge in [-0.1, -0.05) is 12.8 Å². The summed E-state index contributed by atoms with van der Waals surface area (Å²) in [4.78, 5) is 0. The van der Waals surface area contributed by atoms with E-state index in [4.69, 9.17) is 5.26 Å². The Morgan fingerprint density at radius 2 is 1.72 bits per heavy atom. The smallest absolute Gasteiger partial charge is 0.216 e. The van der Waals surface area contributed by atoms with E-state index in [2.05, 4.69) is 0 Å². The summed E-state index contributed by atoms with van der Waals surface area (Å²) in [6.07, 6.45) is 4.41. The maximum absolute atomic E-state index is 12.1. The number of rotatable bonds is 6. The Balaban J connectivity index is 2.80. The minimum atomic E-state index is -3.67. The van der Waals surface area contributed by atoms with Gasteiger partial charge in [0.1, 0.15) is 16.4 Å². The van der Waals surface area contributed by atoms with E-state index >= 15 is 0 Å². The van der Waals surface area contributed by atoms with E-state index in [-0.39, 0.29) is 12.6 Å². The fourth-order valence-corrected chi connectivity index (χ4v) is 5.30. The zero-order valence-corrected chi connectivity index (χ0v) is 12.0. The summed E-state index contributed by atoms with van der Waals surface area (Å²) in [6, 6.07) is 1.70. The third-order valence-corrected chi connectivity index (χ3v) is 6.09. The van der Waals surface area contributed by atoms with Crippen molar-refractivity contribution in [1.82, 2.24) is 4.31 Å². The molecule has 0 atom stereocenters. The zero-order chi connectivity index (χ0) is 13.8. The van der Waals surface area contributed by atoms with Gasteiger partial charge >= 0.3 is 0 Å². The van der Waals surface area contributed by atoms with Gasteiger partial charge in [0, 0.05) is 12.3 Å². The van der Waals surface area contributed by atoms with Crippen LogP contribution in [-0.4, -0.2) is 51.5 Å². The SMILES string of the molecule is CS(=O)(=O)CCS(=O)(=O)N(CC#N)C1CCCC1. The van der Waals surface area contributed by atoms with Gasteiger partial charge < -0.3 is 0 Å². The molecule has 6 nitrogen and oxygen atoms in total. The quantitative estimate of drug-likeness (QED) is 0.649. The Morgan fingerprint density at radius 3 is 2.17 bits per heavy atom. The highest BCUT2D eigenvalue weighted by Crippen LogP contribution is 2.25. The van der Waals surface area contributed by atoms with Crippen LogP contribution in [-0.2, 0) is 19.9 Å². The third-order valence-electron chi connectivity index (χ3n) is 3.03. The van der Waals surface area contributed by atoms with Crippen LogP contribution < -0.4 is 0 Å². The predicted octanol–water partition coefficient (Wildman–Crippen LogP) is 0.129. The van der Waals surface area contributed by atoms with E-state index in [0.717, 1.165) is 31.9 Å². The van der Waals surface area contributed by atoms with Crippen LogP contribution >= 0.6 is 0 Å². The molecule has 8 heteroatoms. The van der Waals surface area contributed by atoms with Crippen LogP contribution in [0.4, 0.5) is 0 Å². The molecule has 0 saturated heterocycles. The van der Waals surface area contributed by atoms with Crippen LogP contribution in [0.25, 0.3) is 0 Å². The van der Waals surface area contributed by atoms with Crippen molar-refractivity contribution in [3.63, 3.8) is 0 Å². The summed E-state index contributed by atoms with van der Waals surface area (Å²) in [5.74, 6) is -0.839. The Hall–Kier alpha value is -0.650. The van der Waals surface area contributed by atoms with Gasteiger partial charge in [-0.05, 0) is 12.8 Å². The number of hydrogen-bond donors (Lipinski definition) is 0. The Kier molecular flexibility index (Phi) is 5.13. The molecular formula is C10H18N2O4S2. The maximum Gasteiger partial charge on any atom is 0.216 e. The van der Waals surface area contributed by atoms with Crippen molar-refractivity contribution in [1.29, 1.82) is 5.26 Å². The third kappa shape index (κ3) is 4.55. The lowest BCUT2D eigenvalue weighted by Crippen LogP contribution is -2.41. The van der Waals surface area contributed by atoms with Crippen molar-refractivity contribution in [2.75, 3.05) is 24.3 Å². The van der Waals surface area contributed by atoms with Crippen molar-refractivity contribution in [2.45, 2.75) is 31.7 Å². The minimum absolute atomic E-state index is 0.144. The van der Waals surface area contributed by atoms with E-state index in [0.29, 0.717) is 0 Å². The first-order chi connectivity index (χ1) is 8.26. The van der Waals surface area contributed by atoms with Gasteiger partial charge in [0.15, 0.2) is 0 Å². The molecule has 0 amide bonds. The van der Waals surface area contributed by atoms with Gasteiger partial charge in [-0.25, -0.2) is 16.8 Å². The molecule has 0 N–H and O–H groups in total. The Morgan fingerprint density at radius 1 is 1.17 bits per heavy atom. The average Bonchev–Trinajstić information content (AvgIpc) is 2.75. The number of nitriles is 1. The molecule has 0 aromatic heterocycles. The van der Waals surface area contributed by atoms with Crippen LogP contribution in [0.2, 0.25) is 0 Å². The van der Waals surface area contributed by atoms with Crippen molar-refractivity contribution in [3.8, 4) is 6.07 Å². The lowest BCUT2D eigenvalue weighted by atomic mass is 10.2. The fourth-order valence-electron chi connectivity index (χ4n) is 2.09. The zero-order valence-electron chi connectivity index (χ0n) is 10.4. The maximum atomic E-state index is 12.1. The molecule has 1 rings (SSSR count). The summed E-state index contributed by atoms with van der Waals surface area (Å²) in [6.45, 7) is -0.198. The van der Waals surface area contributed by atoms with Gasteiger partial charge in [-0.2, -0.15) is 9.57 Å². The molecule has 0 aromatic rings. The minimum Gasteiger partial charge on any atom is -0.229 e. The normalized spacial score (nSPS) is 18.1. The lowest BCUT2D eigenvalue weighted by Gasteiger charge is -2.25. The summed E-state index contributed by atoms with van der Waals surface area (Å²) < 4.78 is 47.4. The van der Waals surface area contributed by atoms with Gasteiger partial charge in [0.2, 0.25) is 10.0 Å². The van der Waals surface area contributed by atoms with Crippen molar-refractivity contribution in [3.05, 3.63) is 0 Å². The van der Waals surface area contributed by atoms with E-state index in [9.17, 15) is 16.8 Å². The molecular weight excluding hydrogens is 276 g/mol. The molecule has 0 radical (unpaired) electrons. The van der Waals surface area contributed by atoms with Crippen molar-refractivity contribution < 1.29 is 16.8 Å². The largest absolute Gasteiger partial charge is 0.229 e. The van der Waals surface area contributed by atoms with Gasteiger partial charge in [-0.15, -0.1) is 0 Å². The molecule has 0 heterocycles. The molecule has 18 heavy (non-hydrogen) atoms. The highest BCUT2D eigenvalue weighted by Gasteiger charge is 2.32. The molecule has 1 saturated carbocycles. The fraction of sp³-hybridized carbons (Fsp3) is 0.900. The van der Waals surface area contributed by atoms with Gasteiger partial charge in [0.05, 0.1) is 17.6 Å². The van der Waals surface area contributed by atoms with Crippen LogP contribution in [0.1, 0.15) is 25.7 Å². The number of sulfone groups is 1. The standard InChI is InChI=1S/C10H18N2O4S2/c1-17(13,14)8-9-18(15,16)12(7-6-11)10-4-2-3-5-10/h10H,2-5,7-9H2,1H3. The van der Waals surface area contributed by atoms with Crippen LogP contribution in [0.5, 0.6) is 0 Å². The summed E-state index contributed by atoms with van der Waals surface area (Å²) in [7, 11) is -6.99. The predicted molar refractivity (Wildman–Crippen MR) is 68.1 cm³/mol. The van der Waals surface area contributed by atoms with Crippen LogP contribution in [0.3, 0.4) is 0 Å². The molecule has 0 aliphatic heterocycles. The molecule has 1 aliphatic rings. The summed E-state index contributed by atoms with van der Waals surface area (Å²) >= 11 is 0. The monoisotopic (exact) mass is 294 g/mol. The van der Waals surface area contributed by atoms with E-state index in [1.165, 1.54) is 4.31 Å². The van der Waals surface area contributed by atoms with E-state index in [1.54, 1.807) is 0 Å². The first-order valence-corrected chi connectivity index (χ1v) is 9.47. The number of sulfonamides is 1. The van der Waals surface area contributed by atoms with Gasteiger partial charge in [-0.3, -0.25) is 0 Å². The van der Waals surface area contributed by atoms with E-state index in [1.807, 2.05) is 6.07 Å². The molecule has 0 unspecified atom stereocenters. The average molecular weight is 294 g/mol. The second kappa shape index (κ2) is 5.99. The Labute approximate surface area is 109 Å². The van der Waals surface area contributed by atoms with Gasteiger partial charge in [0.25, 0.3) is 0 Å². The topological polar surface area (TPSA) is 95.3 Å². The van der Waals surface area contributed by atoms with Crippen molar-refractivity contribution >= 4 is 19.9 Å². The van der Waals surface area contributed by atoms with Crippen molar-refractivity contribution in [2.24, 2.45) is 0 Å². The lowest BCUT2D eigenvalue weighted by molar-refractivity contribution is 0.351. The first kappa shape index (κ1) is 15.4. The highest BCUT2D eigenvalue weighted by molar-refractivity contribution is 7.93. The number of hydrogen-bond acceptors (Lipinski definition) is 5. The second-order valence-corrected chi connectivity index (χ2v) is 8.89. The first-order valence-electron chi connectivity index (χ1n) is 5.80. The summed E-state index contributed by atoms with van der Waals surface area (Å²) in [5.41, 5.74) is 0. The van der Waals surface area contributed by atoms with E-state index < -0.39 is 31.4 Å². The molecule has 0 bridgehead atoms. The van der Waals surface area contributed by atoms with Crippen LogP contribution in [0, 0.1) is 11.3 Å². The van der Waals surface area contributed by atoms with Crippen LogP contribution in [0.15, 0.2) is 0 Å². The molecule has 0 spiro atoms.